The number of ether oxygens (including phenoxy) is 1. The van der Waals surface area contributed by atoms with E-state index in [1.165, 1.54) is 0 Å². The number of anilines is 1. The summed E-state index contributed by atoms with van der Waals surface area (Å²) in [6, 6.07) is 6.54. The lowest BCUT2D eigenvalue weighted by atomic mass is 9.81. The average molecular weight is 375 g/mol. The summed E-state index contributed by atoms with van der Waals surface area (Å²) in [5.74, 6) is -0.193. The average Bonchev–Trinajstić information content (AvgIpc) is 2.59. The predicted molar refractivity (Wildman–Crippen MR) is 103 cm³/mol. The van der Waals surface area contributed by atoms with Gasteiger partial charge in [-0.3, -0.25) is 9.59 Å². The van der Waals surface area contributed by atoms with Crippen molar-refractivity contribution in [3.63, 3.8) is 0 Å². The van der Waals surface area contributed by atoms with Gasteiger partial charge in [-0.1, -0.05) is 0 Å². The van der Waals surface area contributed by atoms with Crippen molar-refractivity contribution in [1.82, 2.24) is 5.32 Å². The third-order valence-electron chi connectivity index (χ3n) is 4.59. The van der Waals surface area contributed by atoms with Gasteiger partial charge in [0.15, 0.2) is 0 Å². The van der Waals surface area contributed by atoms with Crippen LogP contribution < -0.4 is 16.4 Å². The van der Waals surface area contributed by atoms with Crippen LogP contribution in [-0.2, 0) is 9.53 Å². The number of nitrogens with two attached hydrogens (primary N) is 1. The van der Waals surface area contributed by atoms with Crippen LogP contribution in [0.1, 0.15) is 56.8 Å². The van der Waals surface area contributed by atoms with Gasteiger partial charge in [0.25, 0.3) is 0 Å². The molecule has 0 unspecified atom stereocenters. The highest BCUT2D eigenvalue weighted by Crippen LogP contribution is 2.29. The standard InChI is InChI=1S/C20H29N3O4/c1-20(2,3)27-19(26)22-12-13-4-6-15(7-5-13)18(25)23-16-10-8-14(9-11-16)17(21)24/h8-11,13,15H,4-7,12H2,1-3H3,(H2,21,24)(H,22,26)(H,23,25). The van der Waals surface area contributed by atoms with E-state index in [9.17, 15) is 14.4 Å². The van der Waals surface area contributed by atoms with Gasteiger partial charge in [-0.05, 0) is 76.6 Å². The van der Waals surface area contributed by atoms with E-state index >= 15 is 0 Å². The number of hydrogen-bond acceptors (Lipinski definition) is 4. The summed E-state index contributed by atoms with van der Waals surface area (Å²) in [4.78, 5) is 35.2. The zero-order valence-electron chi connectivity index (χ0n) is 16.2. The fraction of sp³-hybridized carbons (Fsp3) is 0.550. The molecule has 1 aromatic rings. The van der Waals surface area contributed by atoms with Crippen molar-refractivity contribution >= 4 is 23.6 Å². The number of amides is 3. The highest BCUT2D eigenvalue weighted by molar-refractivity contribution is 5.95. The highest BCUT2D eigenvalue weighted by atomic mass is 16.6. The second kappa shape index (κ2) is 8.88. The molecule has 1 saturated carbocycles. The van der Waals surface area contributed by atoms with Crippen LogP contribution in [0.25, 0.3) is 0 Å². The molecular formula is C20H29N3O4. The first kappa shape index (κ1) is 20.7. The topological polar surface area (TPSA) is 111 Å². The Bertz CT molecular complexity index is 671. The second-order valence-corrected chi connectivity index (χ2v) is 8.03. The molecule has 0 heterocycles. The molecule has 0 spiro atoms. The Morgan fingerprint density at radius 1 is 1.07 bits per heavy atom. The first-order chi connectivity index (χ1) is 12.6. The molecule has 1 fully saturated rings. The number of benzene rings is 1. The van der Waals surface area contributed by atoms with E-state index in [-0.39, 0.29) is 11.8 Å². The van der Waals surface area contributed by atoms with Crippen LogP contribution in [-0.4, -0.2) is 30.1 Å². The minimum Gasteiger partial charge on any atom is -0.444 e. The molecule has 0 radical (unpaired) electrons. The number of alkyl carbamates (subject to hydrolysis) is 1. The Hall–Kier alpha value is -2.57. The molecule has 2 rings (SSSR count). The third kappa shape index (κ3) is 6.92. The van der Waals surface area contributed by atoms with Gasteiger partial charge in [-0.25, -0.2) is 4.79 Å². The minimum atomic E-state index is -0.504. The first-order valence-corrected chi connectivity index (χ1v) is 9.31. The molecule has 7 nitrogen and oxygen atoms in total. The van der Waals surface area contributed by atoms with Crippen LogP contribution in [0.5, 0.6) is 0 Å². The second-order valence-electron chi connectivity index (χ2n) is 8.03. The molecule has 0 aliphatic heterocycles. The molecule has 0 saturated heterocycles. The largest absolute Gasteiger partial charge is 0.444 e. The van der Waals surface area contributed by atoms with Crippen molar-refractivity contribution in [2.45, 2.75) is 52.1 Å². The molecule has 0 bridgehead atoms. The monoisotopic (exact) mass is 375 g/mol. The van der Waals surface area contributed by atoms with Gasteiger partial charge >= 0.3 is 6.09 Å². The molecule has 1 aliphatic rings. The van der Waals surface area contributed by atoms with Crippen LogP contribution in [0, 0.1) is 11.8 Å². The van der Waals surface area contributed by atoms with E-state index in [0.717, 1.165) is 25.7 Å². The van der Waals surface area contributed by atoms with Crippen LogP contribution in [0.4, 0.5) is 10.5 Å². The molecular weight excluding hydrogens is 346 g/mol. The predicted octanol–water partition coefficient (Wildman–Crippen LogP) is 3.06. The van der Waals surface area contributed by atoms with E-state index in [1.54, 1.807) is 24.3 Å². The van der Waals surface area contributed by atoms with E-state index in [2.05, 4.69) is 10.6 Å². The lowest BCUT2D eigenvalue weighted by molar-refractivity contribution is -0.121. The van der Waals surface area contributed by atoms with Gasteiger partial charge < -0.3 is 21.1 Å². The Labute approximate surface area is 160 Å². The molecule has 1 aromatic carbocycles. The molecule has 0 atom stereocenters. The summed E-state index contributed by atoms with van der Waals surface area (Å²) >= 11 is 0. The molecule has 3 amide bonds. The lowest BCUT2D eigenvalue weighted by Crippen LogP contribution is -2.37. The summed E-state index contributed by atoms with van der Waals surface area (Å²) in [5, 5.41) is 5.70. The van der Waals surface area contributed by atoms with Crippen LogP contribution in [0.2, 0.25) is 0 Å². The molecule has 1 aliphatic carbocycles. The normalized spacial score (nSPS) is 19.8. The number of rotatable bonds is 5. The molecule has 0 aromatic heterocycles. The van der Waals surface area contributed by atoms with E-state index in [1.807, 2.05) is 20.8 Å². The van der Waals surface area contributed by atoms with Crippen molar-refractivity contribution in [2.75, 3.05) is 11.9 Å². The molecule has 27 heavy (non-hydrogen) atoms. The summed E-state index contributed by atoms with van der Waals surface area (Å²) in [5.41, 5.74) is 5.76. The summed E-state index contributed by atoms with van der Waals surface area (Å²) in [6.07, 6.45) is 2.93. The van der Waals surface area contributed by atoms with Gasteiger partial charge in [0.1, 0.15) is 5.60 Å². The van der Waals surface area contributed by atoms with Gasteiger partial charge in [0.05, 0.1) is 0 Å². The zero-order valence-corrected chi connectivity index (χ0v) is 16.2. The van der Waals surface area contributed by atoms with E-state index in [4.69, 9.17) is 10.5 Å². The van der Waals surface area contributed by atoms with Crippen LogP contribution in [0.3, 0.4) is 0 Å². The maximum Gasteiger partial charge on any atom is 0.407 e. The van der Waals surface area contributed by atoms with Gasteiger partial charge in [-0.2, -0.15) is 0 Å². The fourth-order valence-electron chi connectivity index (χ4n) is 3.13. The van der Waals surface area contributed by atoms with Crippen LogP contribution in [0.15, 0.2) is 24.3 Å². The number of hydrogen-bond donors (Lipinski definition) is 3. The maximum atomic E-state index is 12.4. The number of nitrogens with one attached hydrogen (secondary N) is 2. The molecule has 4 N–H and O–H groups in total. The summed E-state index contributed by atoms with van der Waals surface area (Å²) in [6.45, 7) is 6.06. The Morgan fingerprint density at radius 3 is 2.19 bits per heavy atom. The maximum absolute atomic E-state index is 12.4. The van der Waals surface area contributed by atoms with Crippen molar-refractivity contribution < 1.29 is 19.1 Å². The SMILES string of the molecule is CC(C)(C)OC(=O)NCC1CCC(C(=O)Nc2ccc(C(N)=O)cc2)CC1. The zero-order chi connectivity index (χ0) is 20.0. The third-order valence-corrected chi connectivity index (χ3v) is 4.59. The van der Waals surface area contributed by atoms with Crippen molar-refractivity contribution in [2.24, 2.45) is 17.6 Å². The van der Waals surface area contributed by atoms with Crippen molar-refractivity contribution in [3.05, 3.63) is 29.8 Å². The summed E-state index contributed by atoms with van der Waals surface area (Å²) < 4.78 is 5.23. The number of carbonyl (C=O) groups excluding carboxylic acids is 3. The van der Waals surface area contributed by atoms with Crippen molar-refractivity contribution in [1.29, 1.82) is 0 Å². The number of primary amides is 1. The number of carbonyl (C=O) groups is 3. The lowest BCUT2D eigenvalue weighted by Gasteiger charge is -2.28. The van der Waals surface area contributed by atoms with Crippen LogP contribution >= 0.6 is 0 Å². The van der Waals surface area contributed by atoms with E-state index < -0.39 is 17.6 Å². The smallest absolute Gasteiger partial charge is 0.407 e. The fourth-order valence-corrected chi connectivity index (χ4v) is 3.13. The first-order valence-electron chi connectivity index (χ1n) is 9.31. The Morgan fingerprint density at radius 2 is 1.67 bits per heavy atom. The Kier molecular flexibility index (Phi) is 6.82. The minimum absolute atomic E-state index is 0.0135. The van der Waals surface area contributed by atoms with Gasteiger partial charge in [-0.15, -0.1) is 0 Å². The highest BCUT2D eigenvalue weighted by Gasteiger charge is 2.27. The van der Waals surface area contributed by atoms with Crippen molar-refractivity contribution in [3.8, 4) is 0 Å². The molecule has 148 valence electrons. The van der Waals surface area contributed by atoms with E-state index in [0.29, 0.717) is 23.7 Å². The molecule has 7 heteroatoms. The summed E-state index contributed by atoms with van der Waals surface area (Å²) in [7, 11) is 0. The van der Waals surface area contributed by atoms with Gasteiger partial charge in [0.2, 0.25) is 11.8 Å². The quantitative estimate of drug-likeness (QED) is 0.734. The van der Waals surface area contributed by atoms with Gasteiger partial charge in [0, 0.05) is 23.7 Å². The Balaban J connectivity index is 1.74.